The average Bonchev–Trinajstić information content (AvgIpc) is 1.45. The van der Waals surface area contributed by atoms with Crippen LogP contribution in [0.25, 0.3) is 0 Å². The monoisotopic (exact) mass is 367 g/mol. The molecule has 0 aromatic carbocycles. The van der Waals surface area contributed by atoms with Crippen LogP contribution >= 0.6 is 7.82 Å². The molecular formula is H14CaN3O11PS2. The van der Waals surface area contributed by atoms with E-state index in [-0.39, 0.29) is 56.2 Å². The Hall–Kier alpha value is 1.19. The van der Waals surface area contributed by atoms with Crippen molar-refractivity contribution in [3.05, 3.63) is 0 Å². The molecule has 0 radical (unpaired) electrons. The maximum absolute atomic E-state index is 8.63. The molecule has 0 saturated heterocycles. The van der Waals surface area contributed by atoms with E-state index in [0.29, 0.717) is 0 Å². The van der Waals surface area contributed by atoms with E-state index in [0.717, 1.165) is 0 Å². The van der Waals surface area contributed by atoms with Crippen LogP contribution in [0.5, 0.6) is 0 Å². The fraction of sp³-hybridized carbons (Fsp3) is 0. The van der Waals surface area contributed by atoms with Crippen LogP contribution in [-0.4, -0.2) is 68.6 Å². The Labute approximate surface area is 135 Å². The van der Waals surface area contributed by atoms with Crippen molar-refractivity contribution in [3.63, 3.8) is 0 Å². The zero-order valence-corrected chi connectivity index (χ0v) is 14.3. The molecule has 0 amide bonds. The summed E-state index contributed by atoms with van der Waals surface area (Å²) in [6, 6.07) is 0. The van der Waals surface area contributed by atoms with E-state index >= 15 is 0 Å². The van der Waals surface area contributed by atoms with Gasteiger partial charge in [0.15, 0.2) is 0 Å². The van der Waals surface area contributed by atoms with Crippen LogP contribution in [0.2, 0.25) is 0 Å². The molecule has 0 bridgehead atoms. The smallest absolute Gasteiger partial charge is 0.822 e. The third-order valence-corrected chi connectivity index (χ3v) is 0. The summed E-state index contributed by atoms with van der Waals surface area (Å²) in [4.78, 5) is 25.6. The minimum Gasteiger partial charge on any atom is -0.822 e. The van der Waals surface area contributed by atoms with Gasteiger partial charge in [0.05, 0.1) is 11.4 Å². The zero-order chi connectivity index (χ0) is 12.6. The Morgan fingerprint density at radius 2 is 1.06 bits per heavy atom. The summed E-state index contributed by atoms with van der Waals surface area (Å²) >= 11 is -2.86. The predicted molar refractivity (Wildman–Crippen MR) is 55.2 cm³/mol. The van der Waals surface area contributed by atoms with Gasteiger partial charge in [0, 0.05) is 0 Å². The zero-order valence-electron chi connectivity index (χ0n) is 9.54. The van der Waals surface area contributed by atoms with E-state index in [4.69, 9.17) is 50.1 Å². The van der Waals surface area contributed by atoms with Crippen LogP contribution in [0.1, 0.15) is 0 Å². The van der Waals surface area contributed by atoms with E-state index in [9.17, 15) is 0 Å². The largest absolute Gasteiger partial charge is 2.00 e. The molecule has 18 heavy (non-hydrogen) atoms. The average molecular weight is 367 g/mol. The van der Waals surface area contributed by atoms with Gasteiger partial charge in [-0.2, -0.15) is 7.82 Å². The van der Waals surface area contributed by atoms with Crippen molar-refractivity contribution in [3.8, 4) is 0 Å². The van der Waals surface area contributed by atoms with Crippen LogP contribution in [0, 0.1) is 0 Å². The molecule has 114 valence electrons. The van der Waals surface area contributed by atoms with Crippen molar-refractivity contribution < 1.29 is 50.1 Å². The molecule has 14 nitrogen and oxygen atoms in total. The first-order valence-corrected chi connectivity index (χ1v) is 5.79. The standard InChI is InChI=1S/Ca.3H3N.H3O4P.H2O4S.H2O3S/c;;;;2*1-5(2,3)4;1-4(2)3/h;3*1H3;(H3,1,2,3,4);(H2,1,2,3,4);(H2,1,2,3)/q+2;;;;;;/p-2. The molecule has 0 aliphatic heterocycles. The number of hydrogen-bond acceptors (Lipinski definition) is 9. The summed E-state index contributed by atoms with van der Waals surface area (Å²) in [5.74, 6) is 0. The van der Waals surface area contributed by atoms with Gasteiger partial charge in [-0.05, 0) is 0 Å². The van der Waals surface area contributed by atoms with Gasteiger partial charge >= 0.3 is 37.7 Å². The predicted octanol–water partition coefficient (Wildman–Crippen LogP) is -3.73. The number of rotatable bonds is 0. The fourth-order valence-electron chi connectivity index (χ4n) is 0. The van der Waals surface area contributed by atoms with Gasteiger partial charge < -0.3 is 51.4 Å². The van der Waals surface area contributed by atoms with Gasteiger partial charge in [0.1, 0.15) is 0 Å². The molecule has 0 rings (SSSR count). The Morgan fingerprint density at radius 3 is 1.06 bits per heavy atom. The van der Waals surface area contributed by atoms with Crippen LogP contribution in [0.15, 0.2) is 0 Å². The van der Waals surface area contributed by atoms with Crippen molar-refractivity contribution in [1.29, 1.82) is 0 Å². The molecule has 0 saturated carbocycles. The van der Waals surface area contributed by atoms with Crippen LogP contribution < -0.4 is 33.1 Å². The third-order valence-electron chi connectivity index (χ3n) is 0. The fourth-order valence-corrected chi connectivity index (χ4v) is 0. The molecular weight excluding hydrogens is 353 g/mol. The Morgan fingerprint density at radius 1 is 1.06 bits per heavy atom. The normalized spacial score (nSPS) is 9.94. The minimum atomic E-state index is -5.39. The topological polar surface area (TPSA) is 334 Å². The molecule has 0 fully saturated rings. The SMILES string of the molecule is O=P([O-])([O-])[O-].O=S(=O)([O-])O.O=S([O-])O.[Ca+2].[NH4+].[NH4+].[NH4+]. The molecule has 0 aliphatic carbocycles. The maximum Gasteiger partial charge on any atom is 2.00 e. The molecule has 0 aromatic heterocycles. The van der Waals surface area contributed by atoms with Crippen molar-refractivity contribution in [2.75, 3.05) is 0 Å². The van der Waals surface area contributed by atoms with E-state index in [1.165, 1.54) is 0 Å². The van der Waals surface area contributed by atoms with Crippen molar-refractivity contribution in [1.82, 2.24) is 18.5 Å². The van der Waals surface area contributed by atoms with Crippen LogP contribution in [-0.2, 0) is 26.3 Å². The number of phosphoric acid groups is 1. The minimum absolute atomic E-state index is 0. The quantitative estimate of drug-likeness (QED) is 0.0909. The van der Waals surface area contributed by atoms with Gasteiger partial charge in [-0.25, -0.2) is 12.6 Å². The summed E-state index contributed by atoms with van der Waals surface area (Å²) in [6.45, 7) is 0. The Balaban J connectivity index is -0.0000000183. The first kappa shape index (κ1) is 42.7. The van der Waals surface area contributed by atoms with E-state index < -0.39 is 29.6 Å². The van der Waals surface area contributed by atoms with Crippen LogP contribution in [0.3, 0.4) is 0 Å². The molecule has 0 aromatic rings. The van der Waals surface area contributed by atoms with E-state index in [1.54, 1.807) is 0 Å². The van der Waals surface area contributed by atoms with Gasteiger partial charge in [0.25, 0.3) is 0 Å². The second-order valence-electron chi connectivity index (χ2n) is 1.09. The molecule has 14 N–H and O–H groups in total. The Kier molecular flexibility index (Phi) is 48.7. The second-order valence-corrected chi connectivity index (χ2v) is 3.28. The Bertz CT molecular complexity index is 275. The van der Waals surface area contributed by atoms with Gasteiger partial charge in [0.2, 0.25) is 10.4 Å². The molecule has 0 aliphatic rings. The summed E-state index contributed by atoms with van der Waals surface area (Å²) in [5.41, 5.74) is 0. The van der Waals surface area contributed by atoms with Gasteiger partial charge in [-0.1, -0.05) is 0 Å². The molecule has 1 unspecified atom stereocenters. The number of quaternary nitrogens is 3. The van der Waals surface area contributed by atoms with Crippen LogP contribution in [0.4, 0.5) is 0 Å². The summed E-state index contributed by atoms with van der Waals surface area (Å²) in [5, 5.41) is 0. The molecule has 0 spiro atoms. The molecule has 0 heterocycles. The first-order valence-electron chi connectivity index (χ1n) is 1.93. The third kappa shape index (κ3) is 3180. The first-order chi connectivity index (χ1) is 5.73. The van der Waals surface area contributed by atoms with Gasteiger partial charge in [-0.3, -0.25) is 4.55 Å². The summed E-state index contributed by atoms with van der Waals surface area (Å²) in [7, 11) is -10.3. The maximum atomic E-state index is 8.63. The van der Waals surface area contributed by atoms with E-state index in [2.05, 4.69) is 0 Å². The summed E-state index contributed by atoms with van der Waals surface area (Å²) in [6.07, 6.45) is 0. The second kappa shape index (κ2) is 20.5. The summed E-state index contributed by atoms with van der Waals surface area (Å²) < 4.78 is 65.5. The molecule has 18 heteroatoms. The van der Waals surface area contributed by atoms with Crippen molar-refractivity contribution >= 4 is 67.3 Å². The van der Waals surface area contributed by atoms with Crippen molar-refractivity contribution in [2.24, 2.45) is 0 Å². The molecule has 1 atom stereocenters. The van der Waals surface area contributed by atoms with Gasteiger partial charge in [-0.15, -0.1) is 0 Å². The van der Waals surface area contributed by atoms with E-state index in [1.807, 2.05) is 0 Å². The van der Waals surface area contributed by atoms with Crippen molar-refractivity contribution in [2.45, 2.75) is 0 Å². The number of hydrogen-bond donors (Lipinski definition) is 5.